The highest BCUT2D eigenvalue weighted by atomic mass is 79.9. The lowest BCUT2D eigenvalue weighted by molar-refractivity contribution is -0.383. The number of anilines is 3. The average molecular weight is 382 g/mol. The topological polar surface area (TPSA) is 102 Å². The molecule has 2 N–H and O–H groups in total. The van der Waals surface area contributed by atoms with Gasteiger partial charge in [0.25, 0.3) is 0 Å². The first-order valence-electron chi connectivity index (χ1n) is 6.78. The number of nitro groups is 1. The zero-order chi connectivity index (χ0) is 16.8. The molecule has 0 amide bonds. The van der Waals surface area contributed by atoms with Crippen molar-refractivity contribution in [1.29, 1.82) is 0 Å². The second kappa shape index (κ2) is 7.84. The molecule has 0 saturated heterocycles. The minimum atomic E-state index is -0.511. The SMILES string of the molecule is COCC(C)Nc1ncnc(Nc2ccc(Br)cc2)c1[N+](=O)[O-]. The average Bonchev–Trinajstić information content (AvgIpc) is 2.49. The predicted octanol–water partition coefficient (Wildman–Crippen LogP) is 3.34. The third kappa shape index (κ3) is 4.60. The molecule has 0 aliphatic heterocycles. The van der Waals surface area contributed by atoms with E-state index in [9.17, 15) is 10.1 Å². The molecule has 0 aliphatic carbocycles. The first-order chi connectivity index (χ1) is 11.0. The molecular formula is C14H16BrN5O3. The van der Waals surface area contributed by atoms with Crippen molar-refractivity contribution in [2.45, 2.75) is 13.0 Å². The number of benzene rings is 1. The summed E-state index contributed by atoms with van der Waals surface area (Å²) < 4.78 is 5.93. The summed E-state index contributed by atoms with van der Waals surface area (Å²) in [6, 6.07) is 7.10. The van der Waals surface area contributed by atoms with E-state index in [0.29, 0.717) is 12.3 Å². The highest BCUT2D eigenvalue weighted by molar-refractivity contribution is 9.10. The molecule has 0 bridgehead atoms. The Morgan fingerprint density at radius 3 is 2.57 bits per heavy atom. The number of methoxy groups -OCH3 is 1. The fraction of sp³-hybridized carbons (Fsp3) is 0.286. The van der Waals surface area contributed by atoms with Crippen molar-refractivity contribution in [3.63, 3.8) is 0 Å². The lowest BCUT2D eigenvalue weighted by Crippen LogP contribution is -2.22. The van der Waals surface area contributed by atoms with Crippen LogP contribution >= 0.6 is 15.9 Å². The number of rotatable bonds is 7. The lowest BCUT2D eigenvalue weighted by atomic mass is 10.3. The van der Waals surface area contributed by atoms with Crippen LogP contribution in [0.25, 0.3) is 0 Å². The van der Waals surface area contributed by atoms with Crippen molar-refractivity contribution in [2.24, 2.45) is 0 Å². The first-order valence-corrected chi connectivity index (χ1v) is 7.58. The first kappa shape index (κ1) is 17.1. The van der Waals surface area contributed by atoms with Gasteiger partial charge in [-0.3, -0.25) is 10.1 Å². The second-order valence-electron chi connectivity index (χ2n) is 4.81. The summed E-state index contributed by atoms with van der Waals surface area (Å²) in [5.41, 5.74) is 0.476. The molecule has 0 aliphatic rings. The Labute approximate surface area is 141 Å². The summed E-state index contributed by atoms with van der Waals surface area (Å²) in [5, 5.41) is 17.3. The Hall–Kier alpha value is -2.26. The van der Waals surface area contributed by atoms with E-state index in [4.69, 9.17) is 4.74 Å². The molecule has 2 aromatic rings. The van der Waals surface area contributed by atoms with Crippen LogP contribution in [0.5, 0.6) is 0 Å². The zero-order valence-corrected chi connectivity index (χ0v) is 14.2. The van der Waals surface area contributed by atoms with Gasteiger partial charge in [-0.15, -0.1) is 0 Å². The molecule has 1 aromatic carbocycles. The summed E-state index contributed by atoms with van der Waals surface area (Å²) in [6.45, 7) is 2.24. The minimum absolute atomic E-state index is 0.124. The second-order valence-corrected chi connectivity index (χ2v) is 5.72. The molecule has 1 heterocycles. The van der Waals surface area contributed by atoms with Gasteiger partial charge in [0.2, 0.25) is 11.6 Å². The third-order valence-electron chi connectivity index (χ3n) is 2.91. The van der Waals surface area contributed by atoms with Crippen molar-refractivity contribution >= 4 is 38.9 Å². The van der Waals surface area contributed by atoms with Gasteiger partial charge in [-0.1, -0.05) is 15.9 Å². The number of ether oxygens (including phenoxy) is 1. The normalized spacial score (nSPS) is 11.8. The van der Waals surface area contributed by atoms with Gasteiger partial charge in [-0.2, -0.15) is 0 Å². The third-order valence-corrected chi connectivity index (χ3v) is 3.44. The van der Waals surface area contributed by atoms with Crippen LogP contribution in [0.4, 0.5) is 23.0 Å². The predicted molar refractivity (Wildman–Crippen MR) is 91.1 cm³/mol. The van der Waals surface area contributed by atoms with E-state index in [0.717, 1.165) is 4.47 Å². The van der Waals surface area contributed by atoms with Crippen LogP contribution in [0.15, 0.2) is 35.1 Å². The molecular weight excluding hydrogens is 366 g/mol. The van der Waals surface area contributed by atoms with Crippen molar-refractivity contribution in [3.05, 3.63) is 45.2 Å². The van der Waals surface area contributed by atoms with Gasteiger partial charge in [-0.25, -0.2) is 9.97 Å². The van der Waals surface area contributed by atoms with Gasteiger partial charge in [0, 0.05) is 23.3 Å². The van der Waals surface area contributed by atoms with Crippen LogP contribution < -0.4 is 10.6 Å². The van der Waals surface area contributed by atoms with Crippen LogP contribution in [0, 0.1) is 10.1 Å². The number of hydrogen-bond donors (Lipinski definition) is 2. The van der Waals surface area contributed by atoms with Gasteiger partial charge < -0.3 is 15.4 Å². The number of nitrogens with one attached hydrogen (secondary N) is 2. The summed E-state index contributed by atoms with van der Waals surface area (Å²) in [4.78, 5) is 18.9. The van der Waals surface area contributed by atoms with Gasteiger partial charge in [0.1, 0.15) is 6.33 Å². The molecule has 0 radical (unpaired) electrons. The molecule has 23 heavy (non-hydrogen) atoms. The smallest absolute Gasteiger partial charge is 0.353 e. The van der Waals surface area contributed by atoms with Gasteiger partial charge >= 0.3 is 5.69 Å². The van der Waals surface area contributed by atoms with E-state index in [1.54, 1.807) is 19.2 Å². The molecule has 9 heteroatoms. The van der Waals surface area contributed by atoms with Crippen LogP contribution in [-0.2, 0) is 4.74 Å². The largest absolute Gasteiger partial charge is 0.383 e. The van der Waals surface area contributed by atoms with Gasteiger partial charge in [0.15, 0.2) is 0 Å². The quantitative estimate of drug-likeness (QED) is 0.559. The Balaban J connectivity index is 2.31. The van der Waals surface area contributed by atoms with Crippen molar-refractivity contribution in [1.82, 2.24) is 9.97 Å². The van der Waals surface area contributed by atoms with Crippen LogP contribution in [-0.4, -0.2) is 34.6 Å². The number of nitrogens with zero attached hydrogens (tertiary/aromatic N) is 3. The maximum absolute atomic E-state index is 11.4. The van der Waals surface area contributed by atoms with E-state index < -0.39 is 4.92 Å². The van der Waals surface area contributed by atoms with Gasteiger partial charge in [0.05, 0.1) is 11.5 Å². The molecule has 122 valence electrons. The van der Waals surface area contributed by atoms with E-state index in [1.807, 2.05) is 19.1 Å². The highest BCUT2D eigenvalue weighted by Crippen LogP contribution is 2.31. The molecule has 1 atom stereocenters. The highest BCUT2D eigenvalue weighted by Gasteiger charge is 2.24. The number of hydrogen-bond acceptors (Lipinski definition) is 7. The molecule has 8 nitrogen and oxygen atoms in total. The maximum Gasteiger partial charge on any atom is 0.353 e. The number of halogens is 1. The van der Waals surface area contributed by atoms with Gasteiger partial charge in [-0.05, 0) is 31.2 Å². The lowest BCUT2D eigenvalue weighted by Gasteiger charge is -2.14. The zero-order valence-electron chi connectivity index (χ0n) is 12.6. The molecule has 0 fully saturated rings. The standard InChI is InChI=1S/C14H16BrN5O3/c1-9(7-23-2)18-13-12(20(21)22)14(17-8-16-13)19-11-5-3-10(15)4-6-11/h3-6,8-9H,7H2,1-2H3,(H2,16,17,18,19). The Kier molecular flexibility index (Phi) is 5.83. The fourth-order valence-electron chi connectivity index (χ4n) is 1.94. The van der Waals surface area contributed by atoms with Crippen molar-refractivity contribution in [2.75, 3.05) is 24.4 Å². The van der Waals surface area contributed by atoms with E-state index in [1.165, 1.54) is 6.33 Å². The van der Waals surface area contributed by atoms with Crippen LogP contribution in [0.2, 0.25) is 0 Å². The molecule has 0 saturated carbocycles. The minimum Gasteiger partial charge on any atom is -0.383 e. The Bertz CT molecular complexity index is 681. The molecule has 1 unspecified atom stereocenters. The fourth-order valence-corrected chi connectivity index (χ4v) is 2.21. The van der Waals surface area contributed by atoms with Crippen molar-refractivity contribution in [3.8, 4) is 0 Å². The van der Waals surface area contributed by atoms with Crippen LogP contribution in [0.3, 0.4) is 0 Å². The van der Waals surface area contributed by atoms with E-state index >= 15 is 0 Å². The van der Waals surface area contributed by atoms with E-state index in [2.05, 4.69) is 36.5 Å². The molecule has 1 aromatic heterocycles. The Morgan fingerprint density at radius 2 is 1.96 bits per heavy atom. The Morgan fingerprint density at radius 1 is 1.30 bits per heavy atom. The molecule has 2 rings (SSSR count). The summed E-state index contributed by atoms with van der Waals surface area (Å²) >= 11 is 3.34. The summed E-state index contributed by atoms with van der Waals surface area (Å²) in [5.74, 6) is 0.272. The summed E-state index contributed by atoms with van der Waals surface area (Å²) in [7, 11) is 1.56. The summed E-state index contributed by atoms with van der Waals surface area (Å²) in [6.07, 6.45) is 1.27. The van der Waals surface area contributed by atoms with E-state index in [-0.39, 0.29) is 23.4 Å². The van der Waals surface area contributed by atoms with Crippen molar-refractivity contribution < 1.29 is 9.66 Å². The maximum atomic E-state index is 11.4. The number of aromatic nitrogens is 2. The molecule has 0 spiro atoms. The monoisotopic (exact) mass is 381 g/mol. The van der Waals surface area contributed by atoms with Crippen LogP contribution in [0.1, 0.15) is 6.92 Å².